The molecule has 0 aromatic carbocycles. The van der Waals surface area contributed by atoms with E-state index in [0.717, 1.165) is 43.7 Å². The summed E-state index contributed by atoms with van der Waals surface area (Å²) in [6.07, 6.45) is 3.20. The average Bonchev–Trinajstić information content (AvgIpc) is 3.05. The molecule has 2 aliphatic rings. The molecule has 122 valence electrons. The number of nitrogens with two attached hydrogens (primary N) is 1. The predicted octanol–water partition coefficient (Wildman–Crippen LogP) is 0.953. The van der Waals surface area contributed by atoms with Gasteiger partial charge in [0.05, 0.1) is 0 Å². The number of nitrogens with zero attached hydrogens (tertiary/aromatic N) is 2. The lowest BCUT2D eigenvalue weighted by Crippen LogP contribution is -2.47. The van der Waals surface area contributed by atoms with Crippen LogP contribution in [-0.4, -0.2) is 57.4 Å². The number of rotatable bonds is 2. The van der Waals surface area contributed by atoms with Crippen LogP contribution in [0, 0.1) is 5.41 Å². The summed E-state index contributed by atoms with van der Waals surface area (Å²) in [6.45, 7) is 3.46. The van der Waals surface area contributed by atoms with Crippen molar-refractivity contribution < 1.29 is 13.2 Å². The topological polar surface area (TPSA) is 83.7 Å². The van der Waals surface area contributed by atoms with Gasteiger partial charge in [-0.05, 0) is 44.3 Å². The molecule has 0 aliphatic carbocycles. The first-order chi connectivity index (χ1) is 10.3. The van der Waals surface area contributed by atoms with Gasteiger partial charge in [-0.15, -0.1) is 11.3 Å². The van der Waals surface area contributed by atoms with Gasteiger partial charge in [-0.25, -0.2) is 13.6 Å². The maximum atomic E-state index is 12.8. The van der Waals surface area contributed by atoms with Crippen LogP contribution in [0.2, 0.25) is 0 Å². The molecule has 2 N–H and O–H groups in total. The second-order valence-corrected chi connectivity index (χ2v) is 8.92. The highest BCUT2D eigenvalue weighted by atomic mass is 32.2. The van der Waals surface area contributed by atoms with Crippen LogP contribution in [0.25, 0.3) is 0 Å². The molecule has 2 saturated heterocycles. The largest absolute Gasteiger partial charge is 0.337 e. The minimum atomic E-state index is -3.86. The Bertz CT molecular complexity index is 681. The van der Waals surface area contributed by atoms with Crippen molar-refractivity contribution in [3.05, 3.63) is 16.3 Å². The Labute approximate surface area is 134 Å². The van der Waals surface area contributed by atoms with Crippen LogP contribution in [0.1, 0.15) is 28.9 Å². The number of likely N-dealkylation sites (tertiary alicyclic amines) is 2. The van der Waals surface area contributed by atoms with Crippen LogP contribution in [0.15, 0.2) is 16.3 Å². The molecule has 1 aromatic rings. The number of thiophene rings is 1. The molecule has 2 aliphatic heterocycles. The first-order valence-electron chi connectivity index (χ1n) is 7.39. The minimum Gasteiger partial charge on any atom is -0.337 e. The molecule has 8 heteroatoms. The maximum absolute atomic E-state index is 12.8. The van der Waals surface area contributed by atoms with Crippen molar-refractivity contribution in [3.63, 3.8) is 0 Å². The number of primary sulfonamides is 1. The Balaban J connectivity index is 1.83. The summed E-state index contributed by atoms with van der Waals surface area (Å²) in [4.78, 5) is 17.1. The van der Waals surface area contributed by atoms with E-state index in [9.17, 15) is 13.2 Å². The second kappa shape index (κ2) is 5.59. The zero-order chi connectivity index (χ0) is 16.0. The molecule has 0 bridgehead atoms. The molecule has 1 atom stereocenters. The van der Waals surface area contributed by atoms with Crippen molar-refractivity contribution in [2.45, 2.75) is 24.2 Å². The second-order valence-electron chi connectivity index (χ2n) is 6.48. The van der Waals surface area contributed by atoms with Crippen LogP contribution in [0.4, 0.5) is 0 Å². The molecule has 1 spiro atoms. The summed E-state index contributed by atoms with van der Waals surface area (Å²) >= 11 is 1.15. The van der Waals surface area contributed by atoms with Crippen molar-refractivity contribution >= 4 is 27.3 Å². The van der Waals surface area contributed by atoms with Gasteiger partial charge in [-0.3, -0.25) is 4.79 Å². The van der Waals surface area contributed by atoms with E-state index >= 15 is 0 Å². The Morgan fingerprint density at radius 1 is 1.32 bits per heavy atom. The molecule has 22 heavy (non-hydrogen) atoms. The molecule has 0 unspecified atom stereocenters. The molecule has 3 heterocycles. The molecular weight excluding hydrogens is 322 g/mol. The molecule has 3 rings (SSSR count). The van der Waals surface area contributed by atoms with Crippen molar-refractivity contribution in [2.24, 2.45) is 10.6 Å². The van der Waals surface area contributed by atoms with E-state index in [-0.39, 0.29) is 21.1 Å². The van der Waals surface area contributed by atoms with Gasteiger partial charge in [-0.1, -0.05) is 0 Å². The van der Waals surface area contributed by atoms with E-state index in [1.807, 2.05) is 4.90 Å². The summed E-state index contributed by atoms with van der Waals surface area (Å²) in [7, 11) is -1.75. The Kier molecular flexibility index (Phi) is 4.05. The van der Waals surface area contributed by atoms with Crippen molar-refractivity contribution in [1.29, 1.82) is 0 Å². The molecule has 0 radical (unpaired) electrons. The lowest BCUT2D eigenvalue weighted by Gasteiger charge is -2.40. The SMILES string of the molecule is CN1CC[C@@]2(CCCN(C(=O)c3sccc3S(N)(=O)=O)C2)C1. The minimum absolute atomic E-state index is 0.0503. The fraction of sp³-hybridized carbons (Fsp3) is 0.643. The summed E-state index contributed by atoms with van der Waals surface area (Å²) in [6, 6.07) is 1.41. The molecule has 2 fully saturated rings. The first kappa shape index (κ1) is 15.9. The summed E-state index contributed by atoms with van der Waals surface area (Å²) in [5.41, 5.74) is 0.168. The van der Waals surface area contributed by atoms with Gasteiger partial charge in [0.2, 0.25) is 10.0 Å². The summed E-state index contributed by atoms with van der Waals surface area (Å²) in [5.74, 6) is -0.201. The van der Waals surface area contributed by atoms with E-state index < -0.39 is 10.0 Å². The van der Waals surface area contributed by atoms with E-state index in [0.29, 0.717) is 13.1 Å². The van der Waals surface area contributed by atoms with Gasteiger partial charge in [-0.2, -0.15) is 0 Å². The number of carbonyl (C=O) groups excluding carboxylic acids is 1. The number of hydrogen-bond acceptors (Lipinski definition) is 5. The maximum Gasteiger partial charge on any atom is 0.265 e. The highest BCUT2D eigenvalue weighted by Gasteiger charge is 2.42. The lowest BCUT2D eigenvalue weighted by molar-refractivity contribution is 0.0536. The first-order valence-corrected chi connectivity index (χ1v) is 9.82. The quantitative estimate of drug-likeness (QED) is 0.867. The third-order valence-electron chi connectivity index (χ3n) is 4.71. The third-order valence-corrected chi connectivity index (χ3v) is 6.69. The van der Waals surface area contributed by atoms with Crippen molar-refractivity contribution in [2.75, 3.05) is 33.2 Å². The zero-order valence-corrected chi connectivity index (χ0v) is 14.3. The van der Waals surface area contributed by atoms with Crippen LogP contribution in [-0.2, 0) is 10.0 Å². The van der Waals surface area contributed by atoms with E-state index in [2.05, 4.69) is 11.9 Å². The number of piperidine rings is 1. The number of carbonyl (C=O) groups is 1. The van der Waals surface area contributed by atoms with E-state index in [1.54, 1.807) is 5.38 Å². The molecule has 0 saturated carbocycles. The Morgan fingerprint density at radius 2 is 2.09 bits per heavy atom. The lowest BCUT2D eigenvalue weighted by atomic mass is 9.79. The predicted molar refractivity (Wildman–Crippen MR) is 85.4 cm³/mol. The molecule has 6 nitrogen and oxygen atoms in total. The fourth-order valence-electron chi connectivity index (χ4n) is 3.69. The van der Waals surface area contributed by atoms with Gasteiger partial charge in [0.25, 0.3) is 5.91 Å². The van der Waals surface area contributed by atoms with E-state index in [1.165, 1.54) is 6.07 Å². The van der Waals surface area contributed by atoms with Gasteiger partial charge < -0.3 is 9.80 Å². The van der Waals surface area contributed by atoms with Crippen molar-refractivity contribution in [1.82, 2.24) is 9.80 Å². The smallest absolute Gasteiger partial charge is 0.265 e. The monoisotopic (exact) mass is 343 g/mol. The van der Waals surface area contributed by atoms with Crippen LogP contribution >= 0.6 is 11.3 Å². The summed E-state index contributed by atoms with van der Waals surface area (Å²) < 4.78 is 23.2. The van der Waals surface area contributed by atoms with E-state index in [4.69, 9.17) is 5.14 Å². The third kappa shape index (κ3) is 2.92. The van der Waals surface area contributed by atoms with Gasteiger partial charge in [0.1, 0.15) is 9.77 Å². The molecule has 1 amide bonds. The number of sulfonamides is 1. The fourth-order valence-corrected chi connectivity index (χ4v) is 5.63. The van der Waals surface area contributed by atoms with Crippen LogP contribution in [0.5, 0.6) is 0 Å². The highest BCUT2D eigenvalue weighted by Crippen LogP contribution is 2.39. The normalized spacial score (nSPS) is 26.7. The standard InChI is InChI=1S/C14H21N3O3S2/c1-16-7-5-14(9-16)4-2-6-17(10-14)13(18)12-11(3-8-21-12)22(15,19)20/h3,8H,2,4-7,9-10H2,1H3,(H2,15,19,20)/t14-/m0/s1. The van der Waals surface area contributed by atoms with Crippen molar-refractivity contribution in [3.8, 4) is 0 Å². The van der Waals surface area contributed by atoms with Crippen LogP contribution < -0.4 is 5.14 Å². The highest BCUT2D eigenvalue weighted by molar-refractivity contribution is 7.89. The zero-order valence-electron chi connectivity index (χ0n) is 12.6. The van der Waals surface area contributed by atoms with Gasteiger partial charge in [0, 0.05) is 25.0 Å². The van der Waals surface area contributed by atoms with Gasteiger partial charge >= 0.3 is 0 Å². The Morgan fingerprint density at radius 3 is 2.73 bits per heavy atom. The number of amides is 1. The number of hydrogen-bond donors (Lipinski definition) is 1. The molecular formula is C14H21N3O3S2. The summed E-state index contributed by atoms with van der Waals surface area (Å²) in [5, 5.41) is 6.81. The van der Waals surface area contributed by atoms with Crippen LogP contribution in [0.3, 0.4) is 0 Å². The molecule has 1 aromatic heterocycles. The average molecular weight is 343 g/mol. The van der Waals surface area contributed by atoms with Gasteiger partial charge in [0.15, 0.2) is 0 Å². The Hall–Kier alpha value is -0.960.